The molecule has 1 nitrogen and oxygen atoms in total. The van der Waals surface area contributed by atoms with Crippen LogP contribution in [0.2, 0.25) is 0 Å². The molecule has 0 saturated carbocycles. The first-order valence-corrected chi connectivity index (χ1v) is 5.95. The summed E-state index contributed by atoms with van der Waals surface area (Å²) in [6.07, 6.45) is 9.86. The van der Waals surface area contributed by atoms with Crippen LogP contribution in [-0.2, 0) is 0 Å². The Morgan fingerprint density at radius 3 is 2.87 bits per heavy atom. The summed E-state index contributed by atoms with van der Waals surface area (Å²) in [7, 11) is 0. The van der Waals surface area contributed by atoms with Gasteiger partial charge in [0.2, 0.25) is 0 Å². The van der Waals surface area contributed by atoms with Crippen LogP contribution >= 0.6 is 0 Å². The molecule has 1 unspecified atom stereocenters. The first-order chi connectivity index (χ1) is 7.14. The first kappa shape index (κ1) is 10.9. The molecular formula is C13H20FN. The lowest BCUT2D eigenvalue weighted by Crippen LogP contribution is -2.41. The van der Waals surface area contributed by atoms with Gasteiger partial charge in [-0.25, -0.2) is 4.39 Å². The molecule has 0 aromatic heterocycles. The van der Waals surface area contributed by atoms with E-state index in [0.717, 1.165) is 6.42 Å². The monoisotopic (exact) mass is 209 g/mol. The molecule has 2 rings (SSSR count). The minimum atomic E-state index is -0.0856. The molecule has 84 valence electrons. The number of rotatable bonds is 2. The van der Waals surface area contributed by atoms with Gasteiger partial charge in [-0.05, 0) is 37.8 Å². The van der Waals surface area contributed by atoms with E-state index in [4.69, 9.17) is 0 Å². The van der Waals surface area contributed by atoms with Crippen LogP contribution in [0.15, 0.2) is 24.1 Å². The second kappa shape index (κ2) is 4.09. The lowest BCUT2D eigenvalue weighted by atomic mass is 9.76. The highest BCUT2D eigenvalue weighted by Crippen LogP contribution is 2.38. The van der Waals surface area contributed by atoms with Crippen molar-refractivity contribution in [1.82, 2.24) is 5.32 Å². The van der Waals surface area contributed by atoms with E-state index in [1.165, 1.54) is 19.3 Å². The molecule has 2 aliphatic rings. The second-order valence-electron chi connectivity index (χ2n) is 5.03. The van der Waals surface area contributed by atoms with E-state index in [1.54, 1.807) is 12.2 Å². The van der Waals surface area contributed by atoms with Crippen molar-refractivity contribution in [3.05, 3.63) is 24.1 Å². The number of hydrogen-bond donors (Lipinski definition) is 1. The second-order valence-corrected chi connectivity index (χ2v) is 5.03. The van der Waals surface area contributed by atoms with Gasteiger partial charge in [0.05, 0.1) is 0 Å². The maximum absolute atomic E-state index is 12.9. The molecule has 1 aliphatic carbocycles. The number of hydrogen-bond acceptors (Lipinski definition) is 1. The lowest BCUT2D eigenvalue weighted by molar-refractivity contribution is 0.296. The summed E-state index contributed by atoms with van der Waals surface area (Å²) in [4.78, 5) is 0. The fraction of sp³-hybridized carbons (Fsp3) is 0.692. The van der Waals surface area contributed by atoms with Crippen LogP contribution in [-0.4, -0.2) is 12.1 Å². The van der Waals surface area contributed by atoms with E-state index < -0.39 is 0 Å². The minimum absolute atomic E-state index is 0.0856. The molecule has 1 aliphatic heterocycles. The van der Waals surface area contributed by atoms with Gasteiger partial charge in [0, 0.05) is 17.5 Å². The van der Waals surface area contributed by atoms with Gasteiger partial charge >= 0.3 is 0 Å². The SMILES string of the molecule is CC[C@H]1CC[C@@H](C2(C)C=CC(F)=CC2)N1. The van der Waals surface area contributed by atoms with Crippen molar-refractivity contribution < 1.29 is 4.39 Å². The minimum Gasteiger partial charge on any atom is -0.310 e. The summed E-state index contributed by atoms with van der Waals surface area (Å²) in [5.74, 6) is -0.0856. The Hall–Kier alpha value is -0.630. The van der Waals surface area contributed by atoms with Crippen molar-refractivity contribution in [3.63, 3.8) is 0 Å². The van der Waals surface area contributed by atoms with Crippen molar-refractivity contribution in [1.29, 1.82) is 0 Å². The Morgan fingerprint density at radius 2 is 2.33 bits per heavy atom. The Bertz CT molecular complexity index is 295. The highest BCUT2D eigenvalue weighted by atomic mass is 19.1. The number of allylic oxidation sites excluding steroid dienone is 3. The summed E-state index contributed by atoms with van der Waals surface area (Å²) < 4.78 is 12.9. The maximum Gasteiger partial charge on any atom is 0.118 e. The predicted octanol–water partition coefficient (Wildman–Crippen LogP) is 3.34. The van der Waals surface area contributed by atoms with Gasteiger partial charge in [-0.3, -0.25) is 0 Å². The van der Waals surface area contributed by atoms with Gasteiger partial charge in [0.25, 0.3) is 0 Å². The van der Waals surface area contributed by atoms with Gasteiger partial charge in [-0.1, -0.05) is 19.9 Å². The van der Waals surface area contributed by atoms with Gasteiger partial charge in [-0.2, -0.15) is 0 Å². The van der Waals surface area contributed by atoms with Crippen LogP contribution in [0.4, 0.5) is 4.39 Å². The van der Waals surface area contributed by atoms with Crippen molar-refractivity contribution in [2.45, 2.75) is 51.6 Å². The largest absolute Gasteiger partial charge is 0.310 e. The highest BCUT2D eigenvalue weighted by Gasteiger charge is 2.36. The first-order valence-electron chi connectivity index (χ1n) is 5.95. The van der Waals surface area contributed by atoms with E-state index in [0.29, 0.717) is 12.1 Å². The normalized spacial score (nSPS) is 40.6. The van der Waals surface area contributed by atoms with Crippen LogP contribution in [0.25, 0.3) is 0 Å². The Kier molecular flexibility index (Phi) is 2.96. The van der Waals surface area contributed by atoms with E-state index in [1.807, 2.05) is 6.08 Å². The molecule has 0 aromatic rings. The van der Waals surface area contributed by atoms with Gasteiger partial charge < -0.3 is 5.32 Å². The van der Waals surface area contributed by atoms with Crippen molar-refractivity contribution in [2.24, 2.45) is 5.41 Å². The van der Waals surface area contributed by atoms with Crippen molar-refractivity contribution in [2.75, 3.05) is 0 Å². The fourth-order valence-corrected chi connectivity index (χ4v) is 2.64. The zero-order valence-electron chi connectivity index (χ0n) is 9.59. The Balaban J connectivity index is 2.03. The molecular weight excluding hydrogens is 189 g/mol. The summed E-state index contributed by atoms with van der Waals surface area (Å²) in [6, 6.07) is 1.18. The van der Waals surface area contributed by atoms with Crippen molar-refractivity contribution >= 4 is 0 Å². The van der Waals surface area contributed by atoms with E-state index in [-0.39, 0.29) is 11.2 Å². The topological polar surface area (TPSA) is 12.0 Å². The smallest absolute Gasteiger partial charge is 0.118 e. The summed E-state index contributed by atoms with van der Waals surface area (Å²) >= 11 is 0. The van der Waals surface area contributed by atoms with Crippen LogP contribution in [0.5, 0.6) is 0 Å². The maximum atomic E-state index is 12.9. The molecule has 2 heteroatoms. The molecule has 1 N–H and O–H groups in total. The summed E-state index contributed by atoms with van der Waals surface area (Å²) in [6.45, 7) is 4.45. The standard InChI is InChI=1S/C13H20FN/c1-3-11-4-5-12(15-11)13(2)8-6-10(14)7-9-13/h6-8,11-12,15H,3-5,9H2,1-2H3/t11-,12-,13?/m0/s1. The number of nitrogens with one attached hydrogen (secondary N) is 1. The third-order valence-corrected chi connectivity index (χ3v) is 3.89. The predicted molar refractivity (Wildman–Crippen MR) is 61.3 cm³/mol. The third kappa shape index (κ3) is 2.15. The quantitative estimate of drug-likeness (QED) is 0.735. The molecule has 1 heterocycles. The van der Waals surface area contributed by atoms with Crippen LogP contribution in [0.1, 0.15) is 39.5 Å². The van der Waals surface area contributed by atoms with Gasteiger partial charge in [-0.15, -0.1) is 0 Å². The van der Waals surface area contributed by atoms with Gasteiger partial charge in [0.1, 0.15) is 5.83 Å². The lowest BCUT2D eigenvalue weighted by Gasteiger charge is -2.34. The average molecular weight is 209 g/mol. The number of halogens is 1. The van der Waals surface area contributed by atoms with E-state index in [2.05, 4.69) is 19.2 Å². The molecule has 0 bridgehead atoms. The molecule has 0 radical (unpaired) electrons. The fourth-order valence-electron chi connectivity index (χ4n) is 2.64. The molecule has 0 amide bonds. The van der Waals surface area contributed by atoms with Crippen LogP contribution in [0.3, 0.4) is 0 Å². The molecule has 0 spiro atoms. The summed E-state index contributed by atoms with van der Waals surface area (Å²) in [5, 5.41) is 3.66. The zero-order chi connectivity index (χ0) is 10.9. The third-order valence-electron chi connectivity index (χ3n) is 3.89. The van der Waals surface area contributed by atoms with Crippen LogP contribution < -0.4 is 5.32 Å². The van der Waals surface area contributed by atoms with Crippen molar-refractivity contribution in [3.8, 4) is 0 Å². The molecule has 1 saturated heterocycles. The van der Waals surface area contributed by atoms with Crippen LogP contribution in [0, 0.1) is 5.41 Å². The Labute approximate surface area is 91.4 Å². The Morgan fingerprint density at radius 1 is 1.53 bits per heavy atom. The van der Waals surface area contributed by atoms with E-state index >= 15 is 0 Å². The van der Waals surface area contributed by atoms with E-state index in [9.17, 15) is 4.39 Å². The van der Waals surface area contributed by atoms with Gasteiger partial charge in [0.15, 0.2) is 0 Å². The zero-order valence-corrected chi connectivity index (χ0v) is 9.59. The highest BCUT2D eigenvalue weighted by molar-refractivity contribution is 5.23. The molecule has 1 fully saturated rings. The molecule has 15 heavy (non-hydrogen) atoms. The average Bonchev–Trinajstić information content (AvgIpc) is 2.72. The molecule has 3 atom stereocenters. The summed E-state index contributed by atoms with van der Waals surface area (Å²) in [5.41, 5.74) is 0.111. The molecule has 0 aromatic carbocycles.